The normalized spacial score (nSPS) is 41.0. The Labute approximate surface area is 148 Å². The summed E-state index contributed by atoms with van der Waals surface area (Å²) < 4.78 is 0. The lowest BCUT2D eigenvalue weighted by atomic mass is 9.77. The Morgan fingerprint density at radius 1 is 1.21 bits per heavy atom. The van der Waals surface area contributed by atoms with Crippen LogP contribution in [0.2, 0.25) is 0 Å². The van der Waals surface area contributed by atoms with Crippen molar-refractivity contribution in [1.29, 1.82) is 0 Å². The van der Waals surface area contributed by atoms with Crippen LogP contribution >= 0.6 is 12.2 Å². The van der Waals surface area contributed by atoms with Crippen molar-refractivity contribution in [2.75, 3.05) is 0 Å². The highest BCUT2D eigenvalue weighted by Crippen LogP contribution is 2.44. The first-order chi connectivity index (χ1) is 11.5. The van der Waals surface area contributed by atoms with E-state index in [0.717, 1.165) is 30.2 Å². The summed E-state index contributed by atoms with van der Waals surface area (Å²) in [6.45, 7) is 2.19. The van der Waals surface area contributed by atoms with E-state index in [9.17, 15) is 9.59 Å². The van der Waals surface area contributed by atoms with Crippen LogP contribution in [0.1, 0.15) is 58.3 Å². The van der Waals surface area contributed by atoms with Gasteiger partial charge in [0.25, 0.3) is 5.91 Å². The quantitative estimate of drug-likeness (QED) is 0.525. The van der Waals surface area contributed by atoms with E-state index >= 15 is 0 Å². The topological polar surface area (TPSA) is 73.5 Å². The van der Waals surface area contributed by atoms with Crippen molar-refractivity contribution in [2.45, 2.75) is 69.9 Å². The standard InChI is InChI=1S/C17H26N4O2S/c1-10-4-6-17(7-5-10)14(22)21(16(23)19-17)20-15(24)18-13-9-11-2-3-12(13)8-11/h10-13H,2-9H2,1H3,(H,19,23)(H2,18,20,24)/t10?,11-,12+,13-,17?/m0/s1. The predicted octanol–water partition coefficient (Wildman–Crippen LogP) is 2.05. The maximum absolute atomic E-state index is 12.8. The van der Waals surface area contributed by atoms with E-state index in [2.05, 4.69) is 23.0 Å². The largest absolute Gasteiger partial charge is 0.358 e. The zero-order valence-electron chi connectivity index (χ0n) is 14.1. The minimum Gasteiger partial charge on any atom is -0.358 e. The summed E-state index contributed by atoms with van der Waals surface area (Å²) in [6.07, 6.45) is 8.37. The summed E-state index contributed by atoms with van der Waals surface area (Å²) in [5.74, 6) is 1.93. The predicted molar refractivity (Wildman–Crippen MR) is 93.8 cm³/mol. The molecule has 6 nitrogen and oxygen atoms in total. The average Bonchev–Trinajstić information content (AvgIpc) is 3.21. The fraction of sp³-hybridized carbons (Fsp3) is 0.824. The zero-order valence-corrected chi connectivity index (χ0v) is 15.0. The number of thiocarbonyl (C=S) groups is 1. The summed E-state index contributed by atoms with van der Waals surface area (Å²) in [5.41, 5.74) is 2.12. The van der Waals surface area contributed by atoms with Crippen LogP contribution in [0.25, 0.3) is 0 Å². The molecule has 24 heavy (non-hydrogen) atoms. The van der Waals surface area contributed by atoms with Gasteiger partial charge >= 0.3 is 6.03 Å². The summed E-state index contributed by atoms with van der Waals surface area (Å²) in [7, 11) is 0. The third kappa shape index (κ3) is 2.66. The second-order valence-corrected chi connectivity index (χ2v) is 8.61. The number of carbonyl (C=O) groups is 2. The minimum atomic E-state index is -0.724. The Bertz CT molecular complexity index is 573. The van der Waals surface area contributed by atoms with Gasteiger partial charge in [-0.1, -0.05) is 13.3 Å². The van der Waals surface area contributed by atoms with Gasteiger partial charge in [-0.05, 0) is 74.9 Å². The lowest BCUT2D eigenvalue weighted by molar-refractivity contribution is -0.133. The van der Waals surface area contributed by atoms with Gasteiger partial charge < -0.3 is 10.6 Å². The van der Waals surface area contributed by atoms with Gasteiger partial charge in [-0.25, -0.2) is 4.79 Å². The van der Waals surface area contributed by atoms with Crippen molar-refractivity contribution >= 4 is 29.3 Å². The van der Waals surface area contributed by atoms with Crippen LogP contribution in [0.5, 0.6) is 0 Å². The van der Waals surface area contributed by atoms with Crippen molar-refractivity contribution in [1.82, 2.24) is 21.1 Å². The molecule has 132 valence electrons. The SMILES string of the molecule is CC1CCC2(CC1)NC(=O)N(NC(=S)N[C@H]1C[C@H]3CC[C@@H]1C3)C2=O. The van der Waals surface area contributed by atoms with E-state index in [0.29, 0.717) is 35.8 Å². The van der Waals surface area contributed by atoms with Gasteiger partial charge in [-0.15, -0.1) is 0 Å². The molecule has 1 heterocycles. The highest BCUT2D eigenvalue weighted by molar-refractivity contribution is 7.80. The van der Waals surface area contributed by atoms with Crippen molar-refractivity contribution in [3.8, 4) is 0 Å². The molecule has 4 aliphatic rings. The third-order valence-corrected chi connectivity index (χ3v) is 6.77. The molecule has 0 unspecified atom stereocenters. The number of hydrogen-bond donors (Lipinski definition) is 3. The molecule has 0 aromatic heterocycles. The van der Waals surface area contributed by atoms with Gasteiger partial charge in [0.1, 0.15) is 5.54 Å². The molecule has 1 aliphatic heterocycles. The van der Waals surface area contributed by atoms with Crippen molar-refractivity contribution in [3.63, 3.8) is 0 Å². The van der Waals surface area contributed by atoms with Crippen LogP contribution in [-0.4, -0.2) is 33.6 Å². The Kier molecular flexibility index (Phi) is 3.94. The van der Waals surface area contributed by atoms with Gasteiger partial charge in [0.05, 0.1) is 0 Å². The molecule has 4 rings (SSSR count). The number of urea groups is 1. The van der Waals surface area contributed by atoms with Crippen LogP contribution in [0, 0.1) is 17.8 Å². The average molecular weight is 350 g/mol. The fourth-order valence-electron chi connectivity index (χ4n) is 5.04. The Morgan fingerprint density at radius 3 is 2.58 bits per heavy atom. The molecule has 3 aliphatic carbocycles. The molecular formula is C17H26N4O2S. The highest BCUT2D eigenvalue weighted by atomic mass is 32.1. The molecule has 1 saturated heterocycles. The first kappa shape index (κ1) is 16.1. The summed E-state index contributed by atoms with van der Waals surface area (Å²) in [6, 6.07) is 0.000604. The molecule has 0 aromatic rings. The maximum atomic E-state index is 12.8. The molecule has 3 atom stereocenters. The van der Waals surface area contributed by atoms with Crippen molar-refractivity contribution in [3.05, 3.63) is 0 Å². The van der Waals surface area contributed by atoms with Gasteiger partial charge in [-0.2, -0.15) is 5.01 Å². The van der Waals surface area contributed by atoms with Gasteiger partial charge in [0.15, 0.2) is 5.11 Å². The monoisotopic (exact) mass is 350 g/mol. The smallest absolute Gasteiger partial charge is 0.344 e. The summed E-state index contributed by atoms with van der Waals surface area (Å²) in [4.78, 5) is 25.1. The first-order valence-corrected chi connectivity index (χ1v) is 9.61. The fourth-order valence-corrected chi connectivity index (χ4v) is 5.28. The molecule has 3 N–H and O–H groups in total. The number of imide groups is 1. The molecular weight excluding hydrogens is 324 g/mol. The third-order valence-electron chi connectivity index (χ3n) is 6.56. The zero-order chi connectivity index (χ0) is 16.9. The molecule has 1 spiro atoms. The van der Waals surface area contributed by atoms with Crippen LogP contribution in [-0.2, 0) is 4.79 Å². The number of carbonyl (C=O) groups excluding carboxylic acids is 2. The van der Waals surface area contributed by atoms with Gasteiger partial charge in [0.2, 0.25) is 0 Å². The number of amides is 3. The molecule has 4 fully saturated rings. The molecule has 0 radical (unpaired) electrons. The number of nitrogens with zero attached hydrogens (tertiary/aromatic N) is 1. The van der Waals surface area contributed by atoms with Gasteiger partial charge in [0, 0.05) is 6.04 Å². The van der Waals surface area contributed by atoms with Crippen molar-refractivity contribution < 1.29 is 9.59 Å². The van der Waals surface area contributed by atoms with Crippen LogP contribution in [0.4, 0.5) is 4.79 Å². The minimum absolute atomic E-state index is 0.184. The number of hydrogen-bond acceptors (Lipinski definition) is 3. The summed E-state index contributed by atoms with van der Waals surface area (Å²) in [5, 5.41) is 7.69. The molecule has 3 amide bonds. The van der Waals surface area contributed by atoms with Crippen LogP contribution in [0.3, 0.4) is 0 Å². The van der Waals surface area contributed by atoms with Crippen LogP contribution in [0.15, 0.2) is 0 Å². The lowest BCUT2D eigenvalue weighted by Crippen LogP contribution is -2.55. The first-order valence-electron chi connectivity index (χ1n) is 9.21. The Hall–Kier alpha value is -1.37. The number of nitrogens with one attached hydrogen (secondary N) is 3. The maximum Gasteiger partial charge on any atom is 0.344 e. The van der Waals surface area contributed by atoms with Crippen LogP contribution < -0.4 is 16.1 Å². The van der Waals surface area contributed by atoms with E-state index in [-0.39, 0.29) is 11.9 Å². The van der Waals surface area contributed by atoms with E-state index in [1.54, 1.807) is 0 Å². The Morgan fingerprint density at radius 2 is 1.96 bits per heavy atom. The summed E-state index contributed by atoms with van der Waals surface area (Å²) >= 11 is 5.36. The number of fused-ring (bicyclic) bond motifs is 2. The van der Waals surface area contributed by atoms with E-state index in [1.807, 2.05) is 0 Å². The highest BCUT2D eigenvalue weighted by Gasteiger charge is 2.52. The molecule has 3 saturated carbocycles. The Balaban J connectivity index is 1.36. The van der Waals surface area contributed by atoms with Gasteiger partial charge in [-0.3, -0.25) is 10.2 Å². The van der Waals surface area contributed by atoms with E-state index < -0.39 is 5.54 Å². The number of rotatable bonds is 2. The molecule has 0 aromatic carbocycles. The lowest BCUT2D eigenvalue weighted by Gasteiger charge is -2.33. The number of hydrazine groups is 1. The second kappa shape index (κ2) is 5.86. The molecule has 7 heteroatoms. The second-order valence-electron chi connectivity index (χ2n) is 8.20. The van der Waals surface area contributed by atoms with Crippen molar-refractivity contribution in [2.24, 2.45) is 17.8 Å². The van der Waals surface area contributed by atoms with E-state index in [4.69, 9.17) is 12.2 Å². The van der Waals surface area contributed by atoms with E-state index in [1.165, 1.54) is 19.3 Å². The molecule has 2 bridgehead atoms.